The molecule has 2 aromatic carbocycles. The molecule has 8 heteroatoms. The Labute approximate surface area is 158 Å². The van der Waals surface area contributed by atoms with Gasteiger partial charge in [-0.05, 0) is 48.4 Å². The van der Waals surface area contributed by atoms with Crippen LogP contribution in [0.15, 0.2) is 46.9 Å². The summed E-state index contributed by atoms with van der Waals surface area (Å²) in [6.45, 7) is -2.60. The second kappa shape index (κ2) is 8.26. The average molecular weight is 396 g/mol. The molecule has 0 fully saturated rings. The van der Waals surface area contributed by atoms with Crippen molar-refractivity contribution in [2.75, 3.05) is 13.7 Å². The highest BCUT2D eigenvalue weighted by atomic mass is 35.5. The van der Waals surface area contributed by atoms with Crippen LogP contribution in [0, 0.1) is 0 Å². The number of benzene rings is 2. The summed E-state index contributed by atoms with van der Waals surface area (Å²) < 4.78 is 39.6. The molecule has 1 N–H and O–H groups in total. The summed E-state index contributed by atoms with van der Waals surface area (Å²) in [6.07, 6.45) is 0.475. The van der Waals surface area contributed by atoms with Crippen molar-refractivity contribution < 1.29 is 27.5 Å². The van der Waals surface area contributed by atoms with Gasteiger partial charge in [0.25, 0.3) is 5.91 Å². The summed E-state index contributed by atoms with van der Waals surface area (Å²) in [5.74, 6) is -0.00742. The highest BCUT2D eigenvalue weighted by Gasteiger charge is 2.13. The molecule has 3 rings (SSSR count). The van der Waals surface area contributed by atoms with Gasteiger partial charge in [-0.15, -0.1) is 0 Å². The lowest BCUT2D eigenvalue weighted by Crippen LogP contribution is -2.25. The molecule has 0 saturated heterocycles. The molecular weight excluding hydrogens is 380 g/mol. The lowest BCUT2D eigenvalue weighted by molar-refractivity contribution is -0.0512. The number of hydrogen-bond acceptors (Lipinski definition) is 4. The van der Waals surface area contributed by atoms with Crippen molar-refractivity contribution in [3.05, 3.63) is 58.8 Å². The van der Waals surface area contributed by atoms with E-state index in [0.717, 1.165) is 10.9 Å². The van der Waals surface area contributed by atoms with E-state index in [1.165, 1.54) is 13.2 Å². The number of methoxy groups -OCH3 is 1. The van der Waals surface area contributed by atoms with E-state index in [-0.39, 0.29) is 23.2 Å². The molecule has 1 aromatic heterocycles. The van der Waals surface area contributed by atoms with E-state index in [4.69, 9.17) is 20.8 Å². The number of furan rings is 1. The number of fused-ring (bicyclic) bond motifs is 1. The molecule has 0 aliphatic heterocycles. The van der Waals surface area contributed by atoms with Crippen molar-refractivity contribution in [2.45, 2.75) is 13.0 Å². The number of amides is 1. The Morgan fingerprint density at radius 2 is 2.00 bits per heavy atom. The molecule has 0 spiro atoms. The van der Waals surface area contributed by atoms with Crippen molar-refractivity contribution in [3.8, 4) is 11.5 Å². The predicted octanol–water partition coefficient (Wildman–Crippen LogP) is 4.67. The highest BCUT2D eigenvalue weighted by molar-refractivity contribution is 6.31. The summed E-state index contributed by atoms with van der Waals surface area (Å²) in [7, 11) is 1.37. The third-order valence-corrected chi connectivity index (χ3v) is 4.08. The number of rotatable bonds is 7. The maximum Gasteiger partial charge on any atom is 0.387 e. The molecular formula is C19H16ClF2NO4. The topological polar surface area (TPSA) is 60.7 Å². The van der Waals surface area contributed by atoms with E-state index < -0.39 is 6.61 Å². The number of alkyl halides is 2. The lowest BCUT2D eigenvalue weighted by Gasteiger charge is -2.11. The van der Waals surface area contributed by atoms with Crippen LogP contribution in [0.5, 0.6) is 11.5 Å². The van der Waals surface area contributed by atoms with Crippen LogP contribution in [-0.4, -0.2) is 26.2 Å². The van der Waals surface area contributed by atoms with Crippen molar-refractivity contribution >= 4 is 28.5 Å². The van der Waals surface area contributed by atoms with Crippen molar-refractivity contribution in [1.29, 1.82) is 0 Å². The van der Waals surface area contributed by atoms with E-state index in [1.807, 2.05) is 0 Å². The van der Waals surface area contributed by atoms with Crippen LogP contribution in [0.4, 0.5) is 8.78 Å². The zero-order valence-electron chi connectivity index (χ0n) is 14.3. The van der Waals surface area contributed by atoms with Gasteiger partial charge in [0.15, 0.2) is 17.3 Å². The largest absolute Gasteiger partial charge is 0.493 e. The molecule has 0 radical (unpaired) electrons. The first-order valence-electron chi connectivity index (χ1n) is 8.05. The van der Waals surface area contributed by atoms with Gasteiger partial charge in [0.2, 0.25) is 0 Å². The summed E-state index contributed by atoms with van der Waals surface area (Å²) in [5, 5.41) is 4.05. The second-order valence-corrected chi connectivity index (χ2v) is 6.10. The van der Waals surface area contributed by atoms with Gasteiger partial charge >= 0.3 is 6.61 Å². The summed E-state index contributed by atoms with van der Waals surface area (Å²) in [4.78, 5) is 12.2. The third-order valence-electron chi connectivity index (χ3n) is 3.85. The minimum atomic E-state index is -2.93. The number of carbonyl (C=O) groups is 1. The smallest absolute Gasteiger partial charge is 0.387 e. The summed E-state index contributed by atoms with van der Waals surface area (Å²) in [5.41, 5.74) is 1.37. The second-order valence-electron chi connectivity index (χ2n) is 5.66. The molecule has 1 amide bonds. The molecule has 0 saturated carbocycles. The Bertz CT molecular complexity index is 958. The quantitative estimate of drug-likeness (QED) is 0.631. The Kier molecular flexibility index (Phi) is 5.81. The molecule has 0 bridgehead atoms. The zero-order valence-corrected chi connectivity index (χ0v) is 15.1. The summed E-state index contributed by atoms with van der Waals surface area (Å²) >= 11 is 5.92. The van der Waals surface area contributed by atoms with Crippen LogP contribution < -0.4 is 14.8 Å². The van der Waals surface area contributed by atoms with E-state index in [1.54, 1.807) is 36.4 Å². The molecule has 0 unspecified atom stereocenters. The highest BCUT2D eigenvalue weighted by Crippen LogP contribution is 2.29. The number of carbonyl (C=O) groups excluding carboxylic acids is 1. The fourth-order valence-corrected chi connectivity index (χ4v) is 2.77. The van der Waals surface area contributed by atoms with E-state index in [0.29, 0.717) is 23.6 Å². The minimum Gasteiger partial charge on any atom is -0.493 e. The number of hydrogen-bond donors (Lipinski definition) is 1. The van der Waals surface area contributed by atoms with Crippen molar-refractivity contribution in [3.63, 3.8) is 0 Å². The van der Waals surface area contributed by atoms with Crippen LogP contribution in [0.1, 0.15) is 16.1 Å². The van der Waals surface area contributed by atoms with Crippen LogP contribution in [0.25, 0.3) is 11.0 Å². The maximum absolute atomic E-state index is 12.3. The number of halogens is 3. The average Bonchev–Trinajstić information content (AvgIpc) is 3.05. The van der Waals surface area contributed by atoms with Crippen molar-refractivity contribution in [1.82, 2.24) is 5.32 Å². The fraction of sp³-hybridized carbons (Fsp3) is 0.211. The minimum absolute atomic E-state index is 0.0405. The standard InChI is InChI=1S/C19H16ClF2NO4/c1-25-16-8-11(2-4-15(16)27-19(21)22)6-7-23-18(24)17-10-12-9-13(20)3-5-14(12)26-17/h2-5,8-10,19H,6-7H2,1H3,(H,23,24). The molecule has 0 atom stereocenters. The molecule has 27 heavy (non-hydrogen) atoms. The van der Waals surface area contributed by atoms with Crippen molar-refractivity contribution in [2.24, 2.45) is 0 Å². The first-order valence-corrected chi connectivity index (χ1v) is 8.43. The Balaban J connectivity index is 1.60. The van der Waals surface area contributed by atoms with Gasteiger partial charge in [-0.1, -0.05) is 17.7 Å². The molecule has 0 aliphatic rings. The molecule has 142 valence electrons. The zero-order chi connectivity index (χ0) is 19.4. The van der Waals surface area contributed by atoms with E-state index in [2.05, 4.69) is 10.1 Å². The van der Waals surface area contributed by atoms with E-state index in [9.17, 15) is 13.6 Å². The van der Waals surface area contributed by atoms with Gasteiger partial charge in [-0.25, -0.2) is 0 Å². The molecule has 3 aromatic rings. The fourth-order valence-electron chi connectivity index (χ4n) is 2.59. The maximum atomic E-state index is 12.3. The Hall–Kier alpha value is -2.80. The Morgan fingerprint density at radius 3 is 2.74 bits per heavy atom. The van der Waals surface area contributed by atoms with Crippen LogP contribution in [-0.2, 0) is 6.42 Å². The van der Waals surface area contributed by atoms with Gasteiger partial charge in [0.1, 0.15) is 5.58 Å². The monoisotopic (exact) mass is 395 g/mol. The third kappa shape index (κ3) is 4.68. The molecule has 0 aliphatic carbocycles. The van der Waals surface area contributed by atoms with Gasteiger partial charge in [-0.2, -0.15) is 8.78 Å². The molecule has 1 heterocycles. The van der Waals surface area contributed by atoms with Gasteiger partial charge in [0.05, 0.1) is 7.11 Å². The number of ether oxygens (including phenoxy) is 2. The lowest BCUT2D eigenvalue weighted by atomic mass is 10.1. The van der Waals surface area contributed by atoms with Gasteiger partial charge < -0.3 is 19.2 Å². The SMILES string of the molecule is COc1cc(CCNC(=O)c2cc3cc(Cl)ccc3o2)ccc1OC(F)F. The first-order chi connectivity index (χ1) is 13.0. The van der Waals surface area contributed by atoms with E-state index >= 15 is 0 Å². The number of nitrogens with one attached hydrogen (secondary N) is 1. The summed E-state index contributed by atoms with van der Waals surface area (Å²) in [6, 6.07) is 11.4. The van der Waals surface area contributed by atoms with Crippen LogP contribution in [0.2, 0.25) is 5.02 Å². The molecule has 5 nitrogen and oxygen atoms in total. The predicted molar refractivity (Wildman–Crippen MR) is 96.9 cm³/mol. The normalized spacial score (nSPS) is 11.0. The van der Waals surface area contributed by atoms with Gasteiger partial charge in [0, 0.05) is 17.0 Å². The van der Waals surface area contributed by atoms with Gasteiger partial charge in [-0.3, -0.25) is 4.79 Å². The first kappa shape index (κ1) is 19.0. The van der Waals surface area contributed by atoms with Crippen LogP contribution >= 0.6 is 11.6 Å². The Morgan fingerprint density at radius 1 is 1.19 bits per heavy atom. The van der Waals surface area contributed by atoms with Crippen LogP contribution in [0.3, 0.4) is 0 Å².